The molecule has 0 aromatic heterocycles. The lowest BCUT2D eigenvalue weighted by Crippen LogP contribution is -2.34. The summed E-state index contributed by atoms with van der Waals surface area (Å²) in [5.74, 6) is -0.0801. The molecule has 1 aliphatic rings. The Morgan fingerprint density at radius 1 is 1.29 bits per heavy atom. The number of rotatable bonds is 8. The van der Waals surface area contributed by atoms with E-state index in [4.69, 9.17) is 4.74 Å². The molecule has 24 heavy (non-hydrogen) atoms. The summed E-state index contributed by atoms with van der Waals surface area (Å²) in [6.07, 6.45) is 2.16. The molecule has 0 radical (unpaired) electrons. The molecule has 0 unspecified atom stereocenters. The molecule has 1 fully saturated rings. The molecule has 5 nitrogen and oxygen atoms in total. The molecule has 1 aliphatic heterocycles. The lowest BCUT2D eigenvalue weighted by Gasteiger charge is -2.22. The van der Waals surface area contributed by atoms with Crippen LogP contribution in [0, 0.1) is 0 Å². The van der Waals surface area contributed by atoms with E-state index < -0.39 is 0 Å². The van der Waals surface area contributed by atoms with Crippen molar-refractivity contribution in [2.75, 3.05) is 38.1 Å². The lowest BCUT2D eigenvalue weighted by atomic mass is 10.1. The molecule has 136 valence electrons. The van der Waals surface area contributed by atoms with Crippen LogP contribution in [0.25, 0.3) is 0 Å². The van der Waals surface area contributed by atoms with E-state index in [1.165, 1.54) is 5.56 Å². The summed E-state index contributed by atoms with van der Waals surface area (Å²) in [6, 6.07) is 8.05. The molecule has 0 aliphatic carbocycles. The summed E-state index contributed by atoms with van der Waals surface area (Å²) in [5.41, 5.74) is 2.05. The first-order valence-electron chi connectivity index (χ1n) is 8.64. The fourth-order valence-electron chi connectivity index (χ4n) is 2.81. The van der Waals surface area contributed by atoms with Gasteiger partial charge < -0.3 is 15.4 Å². The van der Waals surface area contributed by atoms with Gasteiger partial charge in [-0.05, 0) is 56.7 Å². The smallest absolute Gasteiger partial charge is 0.250 e. The van der Waals surface area contributed by atoms with Crippen LogP contribution in [0.15, 0.2) is 24.3 Å². The molecular formula is C18H30ClN3O2. The Labute approximate surface area is 151 Å². The number of hydrogen-bond acceptors (Lipinski definition) is 4. The summed E-state index contributed by atoms with van der Waals surface area (Å²) >= 11 is 0. The van der Waals surface area contributed by atoms with Gasteiger partial charge in [0.25, 0.3) is 0 Å². The zero-order chi connectivity index (χ0) is 16.5. The number of ether oxygens (including phenoxy) is 1. The molecule has 2 N–H and O–H groups in total. The number of hydrogen-bond donors (Lipinski definition) is 2. The Bertz CT molecular complexity index is 489. The molecular weight excluding hydrogens is 326 g/mol. The van der Waals surface area contributed by atoms with E-state index in [1.807, 2.05) is 18.2 Å². The molecule has 1 amide bonds. The molecule has 1 aromatic rings. The van der Waals surface area contributed by atoms with Crippen LogP contribution in [0.4, 0.5) is 5.69 Å². The molecule has 1 saturated heterocycles. The minimum absolute atomic E-state index is 0. The number of halogens is 1. The van der Waals surface area contributed by atoms with Gasteiger partial charge in [0.1, 0.15) is 6.61 Å². The second-order valence-corrected chi connectivity index (χ2v) is 5.97. The van der Waals surface area contributed by atoms with Gasteiger partial charge in [-0.2, -0.15) is 0 Å². The Kier molecular flexibility index (Phi) is 9.95. The third-order valence-corrected chi connectivity index (χ3v) is 4.25. The maximum Gasteiger partial charge on any atom is 0.250 e. The molecule has 1 aromatic carbocycles. The van der Waals surface area contributed by atoms with Crippen LogP contribution in [0.1, 0.15) is 32.3 Å². The average molecular weight is 356 g/mol. The molecule has 2 rings (SSSR count). The fraction of sp³-hybridized carbons (Fsp3) is 0.611. The van der Waals surface area contributed by atoms with E-state index in [9.17, 15) is 4.79 Å². The van der Waals surface area contributed by atoms with E-state index in [2.05, 4.69) is 35.4 Å². The van der Waals surface area contributed by atoms with Gasteiger partial charge in [0.15, 0.2) is 0 Å². The van der Waals surface area contributed by atoms with Crippen molar-refractivity contribution in [1.29, 1.82) is 0 Å². The monoisotopic (exact) mass is 355 g/mol. The molecule has 0 saturated carbocycles. The van der Waals surface area contributed by atoms with Gasteiger partial charge in [-0.1, -0.05) is 26.0 Å². The number of carbonyl (C=O) groups is 1. The minimum atomic E-state index is -0.0801. The van der Waals surface area contributed by atoms with E-state index in [-0.39, 0.29) is 31.0 Å². The van der Waals surface area contributed by atoms with Crippen LogP contribution >= 0.6 is 12.4 Å². The van der Waals surface area contributed by atoms with Gasteiger partial charge in [-0.3, -0.25) is 9.69 Å². The molecule has 0 atom stereocenters. The van der Waals surface area contributed by atoms with Crippen LogP contribution in [0.5, 0.6) is 0 Å². The predicted molar refractivity (Wildman–Crippen MR) is 101 cm³/mol. The van der Waals surface area contributed by atoms with Crippen molar-refractivity contribution < 1.29 is 9.53 Å². The van der Waals surface area contributed by atoms with Crippen LogP contribution < -0.4 is 10.6 Å². The van der Waals surface area contributed by atoms with E-state index in [0.29, 0.717) is 0 Å². The second-order valence-electron chi connectivity index (χ2n) is 5.97. The summed E-state index contributed by atoms with van der Waals surface area (Å²) in [4.78, 5) is 14.4. The highest BCUT2D eigenvalue weighted by molar-refractivity contribution is 5.91. The lowest BCUT2D eigenvalue weighted by molar-refractivity contribution is -0.123. The summed E-state index contributed by atoms with van der Waals surface area (Å²) < 4.78 is 5.69. The fourth-order valence-corrected chi connectivity index (χ4v) is 2.81. The summed E-state index contributed by atoms with van der Waals surface area (Å²) in [6.45, 7) is 9.35. The Balaban J connectivity index is 0.00000288. The zero-order valence-corrected chi connectivity index (χ0v) is 15.5. The maximum atomic E-state index is 12.0. The minimum Gasteiger partial charge on any atom is -0.368 e. The highest BCUT2D eigenvalue weighted by atomic mass is 35.5. The third-order valence-electron chi connectivity index (χ3n) is 4.25. The predicted octanol–water partition coefficient (Wildman–Crippen LogP) is 2.66. The number of carbonyl (C=O) groups excluding carboxylic acids is 1. The Hall–Kier alpha value is -1.14. The van der Waals surface area contributed by atoms with Crippen LogP contribution in [0.3, 0.4) is 0 Å². The first-order valence-corrected chi connectivity index (χ1v) is 8.64. The highest BCUT2D eigenvalue weighted by Crippen LogP contribution is 2.13. The number of anilines is 1. The number of benzene rings is 1. The van der Waals surface area contributed by atoms with Gasteiger partial charge in [-0.25, -0.2) is 0 Å². The number of amides is 1. The first kappa shape index (κ1) is 20.9. The van der Waals surface area contributed by atoms with Gasteiger partial charge in [-0.15, -0.1) is 12.4 Å². The zero-order valence-electron chi connectivity index (χ0n) is 14.7. The molecule has 1 heterocycles. The number of nitrogens with one attached hydrogen (secondary N) is 2. The van der Waals surface area contributed by atoms with Crippen molar-refractivity contribution in [2.45, 2.75) is 39.3 Å². The molecule has 0 bridgehead atoms. The van der Waals surface area contributed by atoms with Gasteiger partial charge in [0, 0.05) is 12.2 Å². The van der Waals surface area contributed by atoms with Crippen molar-refractivity contribution in [3.63, 3.8) is 0 Å². The van der Waals surface area contributed by atoms with Crippen LogP contribution in [-0.2, 0) is 16.1 Å². The van der Waals surface area contributed by atoms with Crippen LogP contribution in [-0.4, -0.2) is 49.7 Å². The third kappa shape index (κ3) is 7.18. The quantitative estimate of drug-likeness (QED) is 0.752. The molecule has 6 heteroatoms. The number of nitrogens with zero attached hydrogens (tertiary/aromatic N) is 1. The second kappa shape index (κ2) is 11.4. The van der Waals surface area contributed by atoms with Gasteiger partial charge >= 0.3 is 0 Å². The Morgan fingerprint density at radius 3 is 2.67 bits per heavy atom. The van der Waals surface area contributed by atoms with Gasteiger partial charge in [0.2, 0.25) is 5.91 Å². The molecule has 0 spiro atoms. The van der Waals surface area contributed by atoms with Crippen molar-refractivity contribution in [2.24, 2.45) is 0 Å². The summed E-state index contributed by atoms with van der Waals surface area (Å²) in [7, 11) is 0. The van der Waals surface area contributed by atoms with E-state index in [1.54, 1.807) is 0 Å². The topological polar surface area (TPSA) is 53.6 Å². The number of piperidine rings is 1. The average Bonchev–Trinajstić information content (AvgIpc) is 2.59. The van der Waals surface area contributed by atoms with Crippen LogP contribution in [0.2, 0.25) is 0 Å². The van der Waals surface area contributed by atoms with Gasteiger partial charge in [0.05, 0.1) is 6.10 Å². The largest absolute Gasteiger partial charge is 0.368 e. The standard InChI is InChI=1S/C18H29N3O2.ClH/c1-3-21(4-2)13-15-6-5-7-16(12-15)20-18(22)14-23-17-8-10-19-11-9-17;/h5-7,12,17,19H,3-4,8-11,13-14H2,1-2H3,(H,20,22);1H. The summed E-state index contributed by atoms with van der Waals surface area (Å²) in [5, 5.41) is 6.22. The highest BCUT2D eigenvalue weighted by Gasteiger charge is 2.15. The maximum absolute atomic E-state index is 12.0. The SMILES string of the molecule is CCN(CC)Cc1cccc(NC(=O)COC2CCNCC2)c1.Cl. The van der Waals surface area contributed by atoms with Crippen molar-refractivity contribution in [3.8, 4) is 0 Å². The van der Waals surface area contributed by atoms with Crippen molar-refractivity contribution in [1.82, 2.24) is 10.2 Å². The Morgan fingerprint density at radius 2 is 2.00 bits per heavy atom. The first-order chi connectivity index (χ1) is 11.2. The van der Waals surface area contributed by atoms with E-state index in [0.717, 1.165) is 51.3 Å². The van der Waals surface area contributed by atoms with E-state index >= 15 is 0 Å². The van der Waals surface area contributed by atoms with Crippen molar-refractivity contribution in [3.05, 3.63) is 29.8 Å². The van der Waals surface area contributed by atoms with Crippen molar-refractivity contribution >= 4 is 24.0 Å². The normalized spacial score (nSPS) is 15.1.